The summed E-state index contributed by atoms with van der Waals surface area (Å²) in [6, 6.07) is 8.50. The molecule has 3 rings (SSSR count). The molecule has 0 aromatic heterocycles. The van der Waals surface area contributed by atoms with Crippen molar-refractivity contribution in [1.29, 1.82) is 0 Å². The molecule has 43 heavy (non-hydrogen) atoms. The van der Waals surface area contributed by atoms with Crippen LogP contribution >= 0.6 is 0 Å². The second-order valence-electron chi connectivity index (χ2n) is 11.5. The molecule has 2 aromatic rings. The van der Waals surface area contributed by atoms with Crippen LogP contribution < -0.4 is 0 Å². The number of alkyl halides is 6. The number of methoxy groups -OCH3 is 2. The Kier molecular flexibility index (Phi) is 10.6. The molecule has 2 aromatic carbocycles. The maximum atomic E-state index is 13.5. The van der Waals surface area contributed by atoms with E-state index in [1.807, 2.05) is 30.3 Å². The van der Waals surface area contributed by atoms with Gasteiger partial charge < -0.3 is 19.1 Å². The zero-order valence-electron chi connectivity index (χ0n) is 24.6. The predicted octanol–water partition coefficient (Wildman–Crippen LogP) is 7.32. The first-order valence-corrected chi connectivity index (χ1v) is 13.6. The summed E-state index contributed by atoms with van der Waals surface area (Å²) in [6.07, 6.45) is -11.0. The summed E-state index contributed by atoms with van der Waals surface area (Å²) in [7, 11) is 2.51. The van der Waals surface area contributed by atoms with Gasteiger partial charge in [-0.05, 0) is 69.4 Å². The minimum absolute atomic E-state index is 0.0375. The SMILES string of the molecule is COCC1CC(N(Cc2cc(C(F)(F)F)cc(C(F)(F)F)c2)C(=O)OC)CC(Cc2ccccc2)N1C(=O)OC(C)(C)C. The van der Waals surface area contributed by atoms with Crippen molar-refractivity contribution in [3.05, 3.63) is 70.8 Å². The van der Waals surface area contributed by atoms with Crippen LogP contribution in [-0.4, -0.2) is 66.5 Å². The minimum Gasteiger partial charge on any atom is -0.453 e. The van der Waals surface area contributed by atoms with E-state index in [0.717, 1.165) is 17.6 Å². The number of hydrogen-bond acceptors (Lipinski definition) is 5. The van der Waals surface area contributed by atoms with Crippen molar-refractivity contribution in [1.82, 2.24) is 9.80 Å². The van der Waals surface area contributed by atoms with Gasteiger partial charge in [-0.3, -0.25) is 4.90 Å². The molecule has 0 N–H and O–H groups in total. The summed E-state index contributed by atoms with van der Waals surface area (Å²) >= 11 is 0. The third kappa shape index (κ3) is 9.25. The second kappa shape index (κ2) is 13.4. The molecular formula is C30H36F6N2O5. The van der Waals surface area contributed by atoms with Crippen LogP contribution in [0.3, 0.4) is 0 Å². The fraction of sp³-hybridized carbons (Fsp3) is 0.533. The van der Waals surface area contributed by atoms with Crippen molar-refractivity contribution in [2.24, 2.45) is 0 Å². The molecule has 1 heterocycles. The molecule has 7 nitrogen and oxygen atoms in total. The number of carbonyl (C=O) groups excluding carboxylic acids is 2. The molecule has 238 valence electrons. The van der Waals surface area contributed by atoms with Crippen molar-refractivity contribution < 1.29 is 50.1 Å². The van der Waals surface area contributed by atoms with Gasteiger partial charge in [0.15, 0.2) is 0 Å². The molecule has 1 fully saturated rings. The maximum Gasteiger partial charge on any atom is 0.416 e. The van der Waals surface area contributed by atoms with Gasteiger partial charge in [-0.2, -0.15) is 26.3 Å². The zero-order valence-corrected chi connectivity index (χ0v) is 24.6. The van der Waals surface area contributed by atoms with Gasteiger partial charge in [0.25, 0.3) is 0 Å². The lowest BCUT2D eigenvalue weighted by Gasteiger charge is -2.47. The van der Waals surface area contributed by atoms with E-state index in [-0.39, 0.29) is 31.1 Å². The van der Waals surface area contributed by atoms with E-state index in [1.54, 1.807) is 25.7 Å². The van der Waals surface area contributed by atoms with Gasteiger partial charge in [0.2, 0.25) is 0 Å². The fourth-order valence-corrected chi connectivity index (χ4v) is 5.29. The summed E-state index contributed by atoms with van der Waals surface area (Å²) in [6.45, 7) is 4.61. The summed E-state index contributed by atoms with van der Waals surface area (Å²) in [5, 5.41) is 0. The standard InChI is InChI=1S/C30H36F6N2O5/c1-28(2,3)43-27(40)38-24(13-19-9-7-6-8-10-19)15-23(16-25(38)18-41-4)37(26(39)42-5)17-20-11-21(29(31,32)33)14-22(12-20)30(34,35)36/h6-12,14,23-25H,13,15-18H2,1-5H3. The fourth-order valence-electron chi connectivity index (χ4n) is 5.29. The molecule has 13 heteroatoms. The van der Waals surface area contributed by atoms with E-state index in [9.17, 15) is 35.9 Å². The van der Waals surface area contributed by atoms with Gasteiger partial charge in [0.05, 0.1) is 30.9 Å². The lowest BCUT2D eigenvalue weighted by molar-refractivity contribution is -0.143. The Hall–Kier alpha value is -3.48. The molecule has 0 aliphatic carbocycles. The molecule has 3 unspecified atom stereocenters. The van der Waals surface area contributed by atoms with Crippen LogP contribution in [0.2, 0.25) is 0 Å². The first kappa shape index (κ1) is 34.0. The molecule has 0 spiro atoms. The van der Waals surface area contributed by atoms with E-state index in [0.29, 0.717) is 18.6 Å². The number of rotatable bonds is 7. The Balaban J connectivity index is 2.05. The molecule has 1 saturated heterocycles. The molecule has 0 bridgehead atoms. The highest BCUT2D eigenvalue weighted by Gasteiger charge is 2.44. The van der Waals surface area contributed by atoms with Gasteiger partial charge >= 0.3 is 24.5 Å². The minimum atomic E-state index is -5.05. The average molecular weight is 619 g/mol. The molecule has 2 amide bonds. The molecule has 1 aliphatic rings. The Morgan fingerprint density at radius 2 is 1.42 bits per heavy atom. The highest BCUT2D eigenvalue weighted by molar-refractivity contribution is 5.70. The van der Waals surface area contributed by atoms with Crippen molar-refractivity contribution in [3.63, 3.8) is 0 Å². The largest absolute Gasteiger partial charge is 0.453 e. The number of ether oxygens (including phenoxy) is 3. The van der Waals surface area contributed by atoms with E-state index in [4.69, 9.17) is 14.2 Å². The van der Waals surface area contributed by atoms with Crippen molar-refractivity contribution >= 4 is 12.2 Å². The smallest absolute Gasteiger partial charge is 0.416 e. The Labute approximate surface area is 246 Å². The van der Waals surface area contributed by atoms with Crippen LogP contribution in [0.15, 0.2) is 48.5 Å². The van der Waals surface area contributed by atoms with E-state index in [2.05, 4.69) is 0 Å². The number of hydrogen-bond donors (Lipinski definition) is 0. The normalized spacial score (nSPS) is 19.6. The molecule has 0 saturated carbocycles. The molecule has 0 radical (unpaired) electrons. The van der Waals surface area contributed by atoms with Crippen LogP contribution in [-0.2, 0) is 39.5 Å². The second-order valence-corrected chi connectivity index (χ2v) is 11.5. The third-order valence-electron chi connectivity index (χ3n) is 7.00. The van der Waals surface area contributed by atoms with Gasteiger partial charge in [-0.25, -0.2) is 9.59 Å². The Bertz CT molecular complexity index is 1210. The van der Waals surface area contributed by atoms with Crippen LogP contribution in [0.4, 0.5) is 35.9 Å². The zero-order chi connectivity index (χ0) is 32.2. The first-order valence-electron chi connectivity index (χ1n) is 13.6. The van der Waals surface area contributed by atoms with Crippen molar-refractivity contribution in [2.75, 3.05) is 20.8 Å². The highest BCUT2D eigenvalue weighted by atomic mass is 19.4. The quantitative estimate of drug-likeness (QED) is 0.304. The number of carbonyl (C=O) groups is 2. The summed E-state index contributed by atoms with van der Waals surface area (Å²) < 4.78 is 97.3. The van der Waals surface area contributed by atoms with Crippen LogP contribution in [0.5, 0.6) is 0 Å². The van der Waals surface area contributed by atoms with Gasteiger partial charge in [0, 0.05) is 25.7 Å². The number of amides is 2. The number of likely N-dealkylation sites (tertiary alicyclic amines) is 1. The summed E-state index contributed by atoms with van der Waals surface area (Å²) in [4.78, 5) is 29.2. The van der Waals surface area contributed by atoms with E-state index >= 15 is 0 Å². The predicted molar refractivity (Wildman–Crippen MR) is 145 cm³/mol. The van der Waals surface area contributed by atoms with Gasteiger partial charge in [-0.15, -0.1) is 0 Å². The number of halogens is 6. The van der Waals surface area contributed by atoms with Crippen LogP contribution in [0.25, 0.3) is 0 Å². The van der Waals surface area contributed by atoms with E-state index in [1.165, 1.54) is 7.11 Å². The van der Waals surface area contributed by atoms with Crippen molar-refractivity contribution in [3.8, 4) is 0 Å². The highest BCUT2D eigenvalue weighted by Crippen LogP contribution is 2.38. The van der Waals surface area contributed by atoms with Crippen LogP contribution in [0, 0.1) is 0 Å². The van der Waals surface area contributed by atoms with Gasteiger partial charge in [0.1, 0.15) is 5.60 Å². The molecule has 1 aliphatic heterocycles. The van der Waals surface area contributed by atoms with Gasteiger partial charge in [-0.1, -0.05) is 30.3 Å². The lowest BCUT2D eigenvalue weighted by atomic mass is 9.87. The Morgan fingerprint density at radius 1 is 0.860 bits per heavy atom. The maximum absolute atomic E-state index is 13.5. The Morgan fingerprint density at radius 3 is 1.91 bits per heavy atom. The van der Waals surface area contributed by atoms with Crippen LogP contribution in [0.1, 0.15) is 55.9 Å². The monoisotopic (exact) mass is 618 g/mol. The number of benzene rings is 2. The average Bonchev–Trinajstić information content (AvgIpc) is 2.89. The lowest BCUT2D eigenvalue weighted by Crippen LogP contribution is -2.60. The first-order chi connectivity index (χ1) is 19.9. The number of piperidine rings is 1. The third-order valence-corrected chi connectivity index (χ3v) is 7.00. The summed E-state index contributed by atoms with van der Waals surface area (Å²) in [5.41, 5.74) is -3.29. The molecular weight excluding hydrogens is 582 g/mol. The topological polar surface area (TPSA) is 68.3 Å². The van der Waals surface area contributed by atoms with Crippen molar-refractivity contribution in [2.45, 2.75) is 82.7 Å². The summed E-state index contributed by atoms with van der Waals surface area (Å²) in [5.74, 6) is 0. The number of nitrogens with zero attached hydrogens (tertiary/aromatic N) is 2. The van der Waals surface area contributed by atoms with E-state index < -0.39 is 65.9 Å². The molecule has 3 atom stereocenters.